The number of nitrogens with zero attached hydrogens (tertiary/aromatic N) is 3. The number of fused-ring (bicyclic) bond motifs is 1. The lowest BCUT2D eigenvalue weighted by atomic mass is 9.85. The molecule has 39 heavy (non-hydrogen) atoms. The third-order valence-corrected chi connectivity index (χ3v) is 7.83. The molecule has 0 unspecified atom stereocenters. The highest BCUT2D eigenvalue weighted by Gasteiger charge is 2.54. The van der Waals surface area contributed by atoms with Gasteiger partial charge in [-0.25, -0.2) is 0 Å². The minimum atomic E-state index is -0.803. The van der Waals surface area contributed by atoms with E-state index in [2.05, 4.69) is 10.2 Å². The van der Waals surface area contributed by atoms with Gasteiger partial charge in [0, 0.05) is 24.3 Å². The summed E-state index contributed by atoms with van der Waals surface area (Å²) in [5, 5.41) is 4.95. The second-order valence-corrected chi connectivity index (χ2v) is 10.1. The van der Waals surface area contributed by atoms with Gasteiger partial charge in [-0.3, -0.25) is 14.4 Å². The molecule has 0 saturated carbocycles. The molecule has 1 N–H and O–H groups in total. The summed E-state index contributed by atoms with van der Waals surface area (Å²) in [6, 6.07) is 27.1. The van der Waals surface area contributed by atoms with Gasteiger partial charge in [-0.2, -0.15) is 0 Å². The van der Waals surface area contributed by atoms with E-state index < -0.39 is 5.54 Å². The van der Waals surface area contributed by atoms with Crippen molar-refractivity contribution < 1.29 is 18.8 Å². The molecule has 1 spiro atoms. The number of likely N-dealkylation sites (tertiary alicyclic amines) is 1. The molecule has 8 nitrogen and oxygen atoms in total. The van der Waals surface area contributed by atoms with Crippen LogP contribution in [-0.2, 0) is 16.1 Å². The Kier molecular flexibility index (Phi) is 6.52. The molecule has 2 aliphatic heterocycles. The number of benzene rings is 3. The molecule has 2 saturated heterocycles. The first-order valence-electron chi connectivity index (χ1n) is 13.2. The van der Waals surface area contributed by atoms with Gasteiger partial charge in [0.05, 0.1) is 19.5 Å². The predicted octanol–water partition coefficient (Wildman–Crippen LogP) is 4.03. The predicted molar refractivity (Wildman–Crippen MR) is 148 cm³/mol. The number of piperidine rings is 1. The van der Waals surface area contributed by atoms with E-state index >= 15 is 0 Å². The Morgan fingerprint density at radius 3 is 2.36 bits per heavy atom. The molecule has 3 aromatic carbocycles. The Labute approximate surface area is 226 Å². The van der Waals surface area contributed by atoms with Crippen LogP contribution in [0, 0.1) is 0 Å². The molecule has 0 bridgehead atoms. The van der Waals surface area contributed by atoms with E-state index in [9.17, 15) is 14.4 Å². The Morgan fingerprint density at radius 2 is 1.62 bits per heavy atom. The number of hydrogen-bond acceptors (Lipinski definition) is 5. The fourth-order valence-electron chi connectivity index (χ4n) is 5.74. The fourth-order valence-corrected chi connectivity index (χ4v) is 5.74. The first-order chi connectivity index (χ1) is 19.0. The first kappa shape index (κ1) is 24.7. The number of hydrogen-bond donors (Lipinski definition) is 1. The van der Waals surface area contributed by atoms with Crippen molar-refractivity contribution in [3.05, 3.63) is 103 Å². The summed E-state index contributed by atoms with van der Waals surface area (Å²) >= 11 is 0. The minimum Gasteiger partial charge on any atom is -0.467 e. The molecular weight excluding hydrogens is 492 g/mol. The van der Waals surface area contributed by atoms with Crippen LogP contribution in [0.15, 0.2) is 95.6 Å². The quantitative estimate of drug-likeness (QED) is 0.413. The maximum Gasteiger partial charge on any atom is 0.253 e. The van der Waals surface area contributed by atoms with Crippen molar-refractivity contribution in [1.82, 2.24) is 15.1 Å². The molecule has 2 fully saturated rings. The number of anilines is 1. The van der Waals surface area contributed by atoms with Crippen LogP contribution in [0.4, 0.5) is 5.69 Å². The van der Waals surface area contributed by atoms with E-state index in [0.29, 0.717) is 43.9 Å². The van der Waals surface area contributed by atoms with Crippen molar-refractivity contribution in [3.63, 3.8) is 0 Å². The van der Waals surface area contributed by atoms with Gasteiger partial charge in [0.2, 0.25) is 5.91 Å². The summed E-state index contributed by atoms with van der Waals surface area (Å²) in [7, 11) is 0. The molecule has 3 heterocycles. The lowest BCUT2D eigenvalue weighted by Crippen LogP contribution is -2.57. The molecule has 4 aromatic rings. The van der Waals surface area contributed by atoms with Crippen LogP contribution in [-0.4, -0.2) is 59.4 Å². The standard InChI is InChI=1S/C31H30N4O4/c36-28(32-20-27-11-6-18-39-27)21-34-22-35(26-9-2-1-3-10-26)31(30(34)38)14-16-33(17-15-31)29(37)25-13-12-23-7-4-5-8-24(23)19-25/h1-13,18-19H,14-17,20-22H2,(H,32,36). The molecule has 0 aliphatic carbocycles. The number of amides is 3. The Morgan fingerprint density at radius 1 is 0.872 bits per heavy atom. The highest BCUT2D eigenvalue weighted by Crippen LogP contribution is 2.39. The summed E-state index contributed by atoms with van der Waals surface area (Å²) in [4.78, 5) is 45.6. The number of carbonyl (C=O) groups is 3. The zero-order chi connectivity index (χ0) is 26.8. The smallest absolute Gasteiger partial charge is 0.253 e. The van der Waals surface area contributed by atoms with E-state index in [4.69, 9.17) is 4.42 Å². The summed E-state index contributed by atoms with van der Waals surface area (Å²) in [5.41, 5.74) is 0.777. The number of carbonyl (C=O) groups excluding carboxylic acids is 3. The van der Waals surface area contributed by atoms with Crippen LogP contribution in [0.25, 0.3) is 10.8 Å². The van der Waals surface area contributed by atoms with Gasteiger partial charge in [0.25, 0.3) is 11.8 Å². The molecule has 6 rings (SSSR count). The maximum absolute atomic E-state index is 13.9. The Bertz CT molecular complexity index is 1490. The molecule has 0 atom stereocenters. The third kappa shape index (κ3) is 4.74. The number of rotatable bonds is 6. The molecule has 2 aliphatic rings. The minimum absolute atomic E-state index is 0.0264. The van der Waals surface area contributed by atoms with Crippen LogP contribution < -0.4 is 10.2 Å². The van der Waals surface area contributed by atoms with Gasteiger partial charge in [0.1, 0.15) is 17.8 Å². The SMILES string of the molecule is O=C(CN1CN(c2ccccc2)C2(CCN(C(=O)c3ccc4ccccc4c3)CC2)C1=O)NCc1ccco1. The first-order valence-corrected chi connectivity index (χ1v) is 13.2. The molecule has 8 heteroatoms. The second kappa shape index (κ2) is 10.3. The Balaban J connectivity index is 1.18. The topological polar surface area (TPSA) is 86.1 Å². The molecule has 198 valence electrons. The van der Waals surface area contributed by atoms with Crippen LogP contribution in [0.3, 0.4) is 0 Å². The lowest BCUT2D eigenvalue weighted by Gasteiger charge is -2.43. The third-order valence-electron chi connectivity index (χ3n) is 7.83. The monoisotopic (exact) mass is 522 g/mol. The van der Waals surface area contributed by atoms with Crippen LogP contribution in [0.5, 0.6) is 0 Å². The Hall–Kier alpha value is -4.59. The average Bonchev–Trinajstić information content (AvgIpc) is 3.59. The van der Waals surface area contributed by atoms with Gasteiger partial charge >= 0.3 is 0 Å². The lowest BCUT2D eigenvalue weighted by molar-refractivity contribution is -0.137. The molecule has 0 radical (unpaired) electrons. The molecule has 3 amide bonds. The fraction of sp³-hybridized carbons (Fsp3) is 0.258. The highest BCUT2D eigenvalue weighted by atomic mass is 16.3. The van der Waals surface area contributed by atoms with Gasteiger partial charge < -0.3 is 24.4 Å². The zero-order valence-electron chi connectivity index (χ0n) is 21.6. The van der Waals surface area contributed by atoms with E-state index in [0.717, 1.165) is 16.5 Å². The van der Waals surface area contributed by atoms with Gasteiger partial charge in [-0.05, 0) is 60.0 Å². The summed E-state index contributed by atoms with van der Waals surface area (Å²) in [5.74, 6) is 0.314. The summed E-state index contributed by atoms with van der Waals surface area (Å²) < 4.78 is 5.29. The number of furan rings is 1. The normalized spacial score (nSPS) is 16.7. The largest absolute Gasteiger partial charge is 0.467 e. The van der Waals surface area contributed by atoms with Crippen molar-refractivity contribution in [3.8, 4) is 0 Å². The number of para-hydroxylation sites is 1. The maximum atomic E-state index is 13.9. The molecular formula is C31H30N4O4. The van der Waals surface area contributed by atoms with Gasteiger partial charge in [-0.1, -0.05) is 48.5 Å². The van der Waals surface area contributed by atoms with E-state index in [1.807, 2.05) is 77.7 Å². The van der Waals surface area contributed by atoms with E-state index in [1.54, 1.807) is 23.3 Å². The molecule has 1 aromatic heterocycles. The second-order valence-electron chi connectivity index (χ2n) is 10.1. The average molecular weight is 523 g/mol. The summed E-state index contributed by atoms with van der Waals surface area (Å²) in [6.45, 7) is 1.46. The van der Waals surface area contributed by atoms with Crippen LogP contribution in [0.1, 0.15) is 29.0 Å². The van der Waals surface area contributed by atoms with E-state index in [1.165, 1.54) is 0 Å². The van der Waals surface area contributed by atoms with Crippen LogP contribution >= 0.6 is 0 Å². The number of nitrogens with one attached hydrogen (secondary N) is 1. The van der Waals surface area contributed by atoms with Crippen molar-refractivity contribution in [2.45, 2.75) is 24.9 Å². The van der Waals surface area contributed by atoms with Crippen molar-refractivity contribution in [2.24, 2.45) is 0 Å². The van der Waals surface area contributed by atoms with Crippen molar-refractivity contribution >= 4 is 34.2 Å². The van der Waals surface area contributed by atoms with Crippen molar-refractivity contribution in [2.75, 3.05) is 31.2 Å². The van der Waals surface area contributed by atoms with E-state index in [-0.39, 0.29) is 30.8 Å². The van der Waals surface area contributed by atoms with Gasteiger partial charge in [0.15, 0.2) is 0 Å². The van der Waals surface area contributed by atoms with Crippen molar-refractivity contribution in [1.29, 1.82) is 0 Å². The summed E-state index contributed by atoms with van der Waals surface area (Å²) in [6.07, 6.45) is 2.54. The zero-order valence-corrected chi connectivity index (χ0v) is 21.6. The van der Waals surface area contributed by atoms with Gasteiger partial charge in [-0.15, -0.1) is 0 Å². The van der Waals surface area contributed by atoms with Crippen LogP contribution in [0.2, 0.25) is 0 Å². The highest BCUT2D eigenvalue weighted by molar-refractivity contribution is 6.00.